The number of carbonyl (C=O) groups is 5. The molecule has 2 aliphatic heterocycles. The van der Waals surface area contributed by atoms with Gasteiger partial charge in [0.05, 0.1) is 17.3 Å². The monoisotopic (exact) mass is 598 g/mol. The summed E-state index contributed by atoms with van der Waals surface area (Å²) in [5.74, 6) is -1.84. The second kappa shape index (κ2) is 10.5. The summed E-state index contributed by atoms with van der Waals surface area (Å²) >= 11 is 0. The molecular formula is C37H30N2O6. The Balaban J connectivity index is 1.14. The van der Waals surface area contributed by atoms with E-state index in [0.717, 1.165) is 43.4 Å². The average Bonchev–Trinajstić information content (AvgIpc) is 3.79. The molecule has 45 heavy (non-hydrogen) atoms. The van der Waals surface area contributed by atoms with Gasteiger partial charge in [0.2, 0.25) is 0 Å². The minimum atomic E-state index is -0.583. The van der Waals surface area contributed by atoms with E-state index in [9.17, 15) is 24.0 Å². The van der Waals surface area contributed by atoms with Gasteiger partial charge >= 0.3 is 5.97 Å². The number of hydrogen-bond donors (Lipinski definition) is 0. The smallest absolute Gasteiger partial charge is 0.314 e. The highest BCUT2D eigenvalue weighted by Gasteiger charge is 2.41. The summed E-state index contributed by atoms with van der Waals surface area (Å²) in [7, 11) is 0. The number of nitrogens with zero attached hydrogens (tertiary/aromatic N) is 2. The second-order valence-corrected chi connectivity index (χ2v) is 12.4. The lowest BCUT2D eigenvalue weighted by Crippen LogP contribution is -2.43. The number of esters is 1. The fourth-order valence-electron chi connectivity index (χ4n) is 7.55. The second-order valence-electron chi connectivity index (χ2n) is 12.4. The van der Waals surface area contributed by atoms with Crippen LogP contribution in [0.15, 0.2) is 72.8 Å². The van der Waals surface area contributed by atoms with Gasteiger partial charge in [-0.2, -0.15) is 0 Å². The van der Waals surface area contributed by atoms with Crippen LogP contribution in [0.5, 0.6) is 5.75 Å². The number of carbonyl (C=O) groups excluding carboxylic acids is 5. The van der Waals surface area contributed by atoms with Gasteiger partial charge in [0.15, 0.2) is 0 Å². The molecule has 0 N–H and O–H groups in total. The van der Waals surface area contributed by atoms with E-state index in [4.69, 9.17) is 4.74 Å². The van der Waals surface area contributed by atoms with Crippen LogP contribution in [0.25, 0.3) is 10.8 Å². The number of anilines is 2. The van der Waals surface area contributed by atoms with Gasteiger partial charge in [0.1, 0.15) is 5.75 Å². The van der Waals surface area contributed by atoms with Crippen molar-refractivity contribution in [1.82, 2.24) is 0 Å². The van der Waals surface area contributed by atoms with Crippen molar-refractivity contribution in [1.29, 1.82) is 0 Å². The van der Waals surface area contributed by atoms with Crippen LogP contribution in [0.2, 0.25) is 0 Å². The topological polar surface area (TPSA) is 101 Å². The van der Waals surface area contributed by atoms with Crippen molar-refractivity contribution in [3.63, 3.8) is 0 Å². The van der Waals surface area contributed by atoms with Crippen LogP contribution in [0.3, 0.4) is 0 Å². The lowest BCUT2D eigenvalue weighted by molar-refractivity contribution is -0.138. The van der Waals surface area contributed by atoms with E-state index in [-0.39, 0.29) is 45.6 Å². The Morgan fingerprint density at radius 1 is 0.578 bits per heavy atom. The van der Waals surface area contributed by atoms with Crippen LogP contribution in [0, 0.1) is 5.92 Å². The zero-order valence-corrected chi connectivity index (χ0v) is 24.6. The molecular weight excluding hydrogens is 568 g/mol. The van der Waals surface area contributed by atoms with Crippen molar-refractivity contribution in [3.05, 3.63) is 101 Å². The van der Waals surface area contributed by atoms with E-state index in [1.807, 2.05) is 24.3 Å². The molecule has 4 aromatic rings. The van der Waals surface area contributed by atoms with Gasteiger partial charge in [-0.25, -0.2) is 9.80 Å². The van der Waals surface area contributed by atoms with Gasteiger partial charge in [-0.15, -0.1) is 0 Å². The quantitative estimate of drug-likeness (QED) is 0.137. The summed E-state index contributed by atoms with van der Waals surface area (Å²) in [6, 6.07) is 20.2. The molecule has 2 aliphatic carbocycles. The van der Waals surface area contributed by atoms with Crippen molar-refractivity contribution in [2.45, 2.75) is 57.3 Å². The fourth-order valence-corrected chi connectivity index (χ4v) is 7.55. The SMILES string of the molecule is O=C(Oc1cccc(N2C(=O)c3ccc4c5c(ccc(c35)C2=O)C(=O)N(c2ccc(C3CCCC3)cc2)C4=O)c1)C1CCCC1. The first-order valence-electron chi connectivity index (χ1n) is 15.7. The molecule has 8 rings (SSSR count). The normalized spacial score (nSPS) is 18.4. The summed E-state index contributed by atoms with van der Waals surface area (Å²) in [5, 5.41) is 0.623. The van der Waals surface area contributed by atoms with Crippen molar-refractivity contribution >= 4 is 51.7 Å². The molecule has 0 aromatic heterocycles. The lowest BCUT2D eigenvalue weighted by atomic mass is 9.85. The number of imide groups is 2. The van der Waals surface area contributed by atoms with Crippen LogP contribution < -0.4 is 14.5 Å². The zero-order valence-electron chi connectivity index (χ0n) is 24.6. The predicted octanol–water partition coefficient (Wildman–Crippen LogP) is 7.19. The Morgan fingerprint density at radius 3 is 1.60 bits per heavy atom. The third-order valence-electron chi connectivity index (χ3n) is 9.86. The number of benzene rings is 4. The maximum absolute atomic E-state index is 13.9. The van der Waals surface area contributed by atoms with Crippen molar-refractivity contribution in [3.8, 4) is 5.75 Å². The summed E-state index contributed by atoms with van der Waals surface area (Å²) in [4.78, 5) is 70.3. The Kier molecular flexibility index (Phi) is 6.41. The van der Waals surface area contributed by atoms with E-state index in [2.05, 4.69) is 0 Å². The van der Waals surface area contributed by atoms with Gasteiger partial charge in [-0.05, 0) is 85.7 Å². The van der Waals surface area contributed by atoms with E-state index >= 15 is 0 Å². The number of rotatable bonds is 5. The minimum Gasteiger partial charge on any atom is -0.426 e. The first-order valence-corrected chi connectivity index (χ1v) is 15.7. The van der Waals surface area contributed by atoms with Gasteiger partial charge in [0.25, 0.3) is 23.6 Å². The number of ether oxygens (including phenoxy) is 1. The molecule has 0 atom stereocenters. The summed E-state index contributed by atoms with van der Waals surface area (Å²) in [5.41, 5.74) is 2.92. The van der Waals surface area contributed by atoms with E-state index in [0.29, 0.717) is 22.4 Å². The van der Waals surface area contributed by atoms with Crippen molar-refractivity contribution < 1.29 is 28.7 Å². The predicted molar refractivity (Wildman–Crippen MR) is 168 cm³/mol. The molecule has 2 fully saturated rings. The van der Waals surface area contributed by atoms with Gasteiger partial charge in [0, 0.05) is 39.1 Å². The minimum absolute atomic E-state index is 0.143. The highest BCUT2D eigenvalue weighted by atomic mass is 16.5. The number of hydrogen-bond acceptors (Lipinski definition) is 6. The maximum atomic E-state index is 13.9. The van der Waals surface area contributed by atoms with Crippen LogP contribution in [-0.2, 0) is 4.79 Å². The van der Waals surface area contributed by atoms with Crippen LogP contribution in [-0.4, -0.2) is 29.6 Å². The third kappa shape index (κ3) is 4.30. The van der Waals surface area contributed by atoms with E-state index in [1.54, 1.807) is 42.5 Å². The molecule has 224 valence electrons. The van der Waals surface area contributed by atoms with E-state index < -0.39 is 23.6 Å². The summed E-state index contributed by atoms with van der Waals surface area (Å²) in [6.45, 7) is 0. The molecule has 0 unspecified atom stereocenters. The average molecular weight is 599 g/mol. The largest absolute Gasteiger partial charge is 0.426 e. The summed E-state index contributed by atoms with van der Waals surface area (Å²) in [6.07, 6.45) is 8.30. The maximum Gasteiger partial charge on any atom is 0.314 e. The van der Waals surface area contributed by atoms with Gasteiger partial charge < -0.3 is 4.74 Å². The Hall–Kier alpha value is -5.11. The van der Waals surface area contributed by atoms with Crippen LogP contribution in [0.1, 0.15) is 104 Å². The van der Waals surface area contributed by atoms with Crippen LogP contribution >= 0.6 is 0 Å². The van der Waals surface area contributed by atoms with Crippen LogP contribution in [0.4, 0.5) is 11.4 Å². The molecule has 2 saturated carbocycles. The molecule has 8 nitrogen and oxygen atoms in total. The lowest BCUT2D eigenvalue weighted by Gasteiger charge is -2.32. The molecule has 8 heteroatoms. The van der Waals surface area contributed by atoms with Crippen molar-refractivity contribution in [2.75, 3.05) is 9.80 Å². The highest BCUT2D eigenvalue weighted by molar-refractivity contribution is 6.42. The molecule has 2 heterocycles. The molecule has 0 spiro atoms. The molecule has 0 saturated heterocycles. The van der Waals surface area contributed by atoms with Crippen molar-refractivity contribution in [2.24, 2.45) is 5.92 Å². The third-order valence-corrected chi connectivity index (χ3v) is 9.86. The molecule has 4 amide bonds. The molecule has 4 aromatic carbocycles. The Labute approximate surface area is 259 Å². The molecule has 0 radical (unpaired) electrons. The van der Waals surface area contributed by atoms with Gasteiger partial charge in [-0.1, -0.05) is 43.9 Å². The highest BCUT2D eigenvalue weighted by Crippen LogP contribution is 2.41. The first-order chi connectivity index (χ1) is 21.9. The Morgan fingerprint density at radius 2 is 1.07 bits per heavy atom. The Bertz CT molecular complexity index is 1880. The standard InChI is InChI=1S/C37H30N2O6/c40-33-27-16-18-29-32-30(36(43)39(35(29)42)25-10-5-11-26(20-25)45-37(44)23-8-3-4-9-23)19-17-28(31(27)32)34(41)38(33)24-14-12-22(13-15-24)21-6-1-2-7-21/h5,10-21,23H,1-4,6-9H2. The van der Waals surface area contributed by atoms with E-state index in [1.165, 1.54) is 29.4 Å². The fraction of sp³-hybridized carbons (Fsp3) is 0.270. The zero-order chi connectivity index (χ0) is 30.8. The van der Waals surface area contributed by atoms with Gasteiger partial charge in [-0.3, -0.25) is 24.0 Å². The molecule has 0 bridgehead atoms. The summed E-state index contributed by atoms with van der Waals surface area (Å²) < 4.78 is 5.62. The molecule has 4 aliphatic rings. The first kappa shape index (κ1) is 27.4. The number of amides is 4.